The van der Waals surface area contributed by atoms with Gasteiger partial charge < -0.3 is 20.1 Å². The number of anilines is 2. The fourth-order valence-electron chi connectivity index (χ4n) is 3.38. The van der Waals surface area contributed by atoms with Gasteiger partial charge in [0, 0.05) is 37.1 Å². The number of ether oxygens (including phenoxy) is 1. The Morgan fingerprint density at radius 2 is 1.88 bits per heavy atom. The number of rotatable bonds is 5. The lowest BCUT2D eigenvalue weighted by Crippen LogP contribution is -2.36. The predicted molar refractivity (Wildman–Crippen MR) is 119 cm³/mol. The molecule has 0 aliphatic carbocycles. The van der Waals surface area contributed by atoms with Crippen molar-refractivity contribution < 1.29 is 23.8 Å². The summed E-state index contributed by atoms with van der Waals surface area (Å²) in [5, 5.41) is 13.8. The summed E-state index contributed by atoms with van der Waals surface area (Å²) < 4.78 is 21.3. The van der Waals surface area contributed by atoms with Crippen molar-refractivity contribution in [2.75, 3.05) is 36.5 Å². The van der Waals surface area contributed by atoms with Crippen molar-refractivity contribution >= 4 is 23.8 Å². The third-order valence-corrected chi connectivity index (χ3v) is 4.95. The fourth-order valence-corrected chi connectivity index (χ4v) is 3.38. The van der Waals surface area contributed by atoms with Crippen LogP contribution in [0.3, 0.4) is 0 Å². The summed E-state index contributed by atoms with van der Waals surface area (Å²) in [5.41, 5.74) is 3.47. The summed E-state index contributed by atoms with van der Waals surface area (Å²) in [6.07, 6.45) is 3.31. The molecule has 0 atom stereocenters. The van der Waals surface area contributed by atoms with Crippen molar-refractivity contribution in [1.82, 2.24) is 9.78 Å². The van der Waals surface area contributed by atoms with Gasteiger partial charge in [-0.05, 0) is 48.4 Å². The van der Waals surface area contributed by atoms with E-state index in [1.807, 2.05) is 31.2 Å². The van der Waals surface area contributed by atoms with Crippen LogP contribution in [0.1, 0.15) is 17.3 Å². The van der Waals surface area contributed by atoms with Crippen LogP contribution in [0.25, 0.3) is 11.1 Å². The third-order valence-electron chi connectivity index (χ3n) is 4.95. The number of carbonyl (C=O) groups excluding carboxylic acids is 1. The molecule has 0 radical (unpaired) electrons. The first-order chi connectivity index (χ1) is 15.5. The molecular formula is C23H25FN4O4. The first-order valence-corrected chi connectivity index (χ1v) is 10.2. The largest absolute Gasteiger partial charge is 0.483 e. The normalized spacial score (nSPS) is 13.1. The zero-order valence-electron chi connectivity index (χ0n) is 17.7. The molecule has 3 aromatic rings. The van der Waals surface area contributed by atoms with Gasteiger partial charge in [-0.3, -0.25) is 14.3 Å². The Hall–Kier alpha value is -3.72. The van der Waals surface area contributed by atoms with Crippen LogP contribution in [0.5, 0.6) is 0 Å². The van der Waals surface area contributed by atoms with Gasteiger partial charge in [-0.2, -0.15) is 5.10 Å². The highest BCUT2D eigenvalue weighted by molar-refractivity contribution is 6.04. The number of aromatic nitrogens is 2. The maximum Gasteiger partial charge on any atom is 0.290 e. The fraction of sp³-hybridized carbons (Fsp3) is 0.261. The molecule has 4 rings (SSSR count). The van der Waals surface area contributed by atoms with Crippen LogP contribution in [-0.2, 0) is 16.1 Å². The average Bonchev–Trinajstić information content (AvgIpc) is 3.27. The lowest BCUT2D eigenvalue weighted by atomic mass is 10.0. The standard InChI is InChI=1S/C22H23FN4O2.CH2O2/c1-2-27-15-20(14-24-27)25-22(28)18-11-17(12-19(23)13-18)16-3-5-21(6-4-16)26-7-9-29-10-8-26;2-1-3/h3-6,11-15H,2,7-10H2,1H3,(H,25,28);1H,(H,2,3). The number of hydrogen-bond donors (Lipinski definition) is 2. The van der Waals surface area contributed by atoms with Crippen molar-refractivity contribution in [1.29, 1.82) is 0 Å². The second-order valence-corrected chi connectivity index (χ2v) is 7.02. The van der Waals surface area contributed by atoms with E-state index in [4.69, 9.17) is 14.6 Å². The van der Waals surface area contributed by atoms with E-state index < -0.39 is 5.82 Å². The number of hydrogen-bond acceptors (Lipinski definition) is 5. The van der Waals surface area contributed by atoms with Crippen LogP contribution < -0.4 is 10.2 Å². The summed E-state index contributed by atoms with van der Waals surface area (Å²) in [6, 6.07) is 12.3. The Morgan fingerprint density at radius 1 is 1.19 bits per heavy atom. The lowest BCUT2D eigenvalue weighted by molar-refractivity contribution is -0.122. The molecule has 0 spiro atoms. The summed E-state index contributed by atoms with van der Waals surface area (Å²) in [7, 11) is 0. The Bertz CT molecular complexity index is 1050. The first-order valence-electron chi connectivity index (χ1n) is 10.2. The minimum Gasteiger partial charge on any atom is -0.483 e. The van der Waals surface area contributed by atoms with Crippen molar-refractivity contribution in [2.24, 2.45) is 0 Å². The molecule has 0 saturated carbocycles. The van der Waals surface area contributed by atoms with Crippen LogP contribution in [0, 0.1) is 5.82 Å². The minimum atomic E-state index is -0.450. The zero-order chi connectivity index (χ0) is 22.9. The molecule has 0 unspecified atom stereocenters. The molecule has 168 valence electrons. The third kappa shape index (κ3) is 5.92. The maximum atomic E-state index is 14.2. The van der Waals surface area contributed by atoms with Crippen LogP contribution >= 0.6 is 0 Å². The zero-order valence-corrected chi connectivity index (χ0v) is 17.7. The second kappa shape index (κ2) is 11.1. The van der Waals surface area contributed by atoms with Gasteiger partial charge in [0.25, 0.3) is 12.4 Å². The number of benzene rings is 2. The Morgan fingerprint density at radius 3 is 2.50 bits per heavy atom. The molecule has 9 heteroatoms. The maximum absolute atomic E-state index is 14.2. The van der Waals surface area contributed by atoms with E-state index in [0.29, 0.717) is 17.8 Å². The molecule has 2 heterocycles. The van der Waals surface area contributed by atoms with Gasteiger partial charge in [-0.15, -0.1) is 0 Å². The SMILES string of the molecule is CCn1cc(NC(=O)c2cc(F)cc(-c3ccc(N4CCOCC4)cc3)c2)cn1.O=CO. The molecule has 2 aromatic carbocycles. The summed E-state index contributed by atoms with van der Waals surface area (Å²) >= 11 is 0. The van der Waals surface area contributed by atoms with Gasteiger partial charge in [0.2, 0.25) is 0 Å². The molecule has 8 nitrogen and oxygen atoms in total. The van der Waals surface area contributed by atoms with Gasteiger partial charge in [0.1, 0.15) is 5.82 Å². The molecule has 1 aliphatic rings. The van der Waals surface area contributed by atoms with Gasteiger partial charge in [-0.1, -0.05) is 12.1 Å². The Labute approximate surface area is 185 Å². The van der Waals surface area contributed by atoms with E-state index in [9.17, 15) is 9.18 Å². The Balaban J connectivity index is 0.000000913. The van der Waals surface area contributed by atoms with E-state index in [0.717, 1.165) is 37.6 Å². The summed E-state index contributed by atoms with van der Waals surface area (Å²) in [6.45, 7) is 5.58. The smallest absolute Gasteiger partial charge is 0.290 e. The number of nitrogens with zero attached hydrogens (tertiary/aromatic N) is 3. The molecule has 2 N–H and O–H groups in total. The molecule has 1 aliphatic heterocycles. The number of halogens is 1. The molecule has 1 fully saturated rings. The van der Waals surface area contributed by atoms with Crippen LogP contribution in [0.4, 0.5) is 15.8 Å². The van der Waals surface area contributed by atoms with Crippen molar-refractivity contribution in [3.8, 4) is 11.1 Å². The minimum absolute atomic E-state index is 0.250. The topological polar surface area (TPSA) is 96.7 Å². The number of aryl methyl sites for hydroxylation is 1. The number of morpholine rings is 1. The van der Waals surface area contributed by atoms with Gasteiger partial charge in [-0.25, -0.2) is 4.39 Å². The van der Waals surface area contributed by atoms with Crippen LogP contribution in [0.15, 0.2) is 54.9 Å². The van der Waals surface area contributed by atoms with Crippen molar-refractivity contribution in [2.45, 2.75) is 13.5 Å². The lowest BCUT2D eigenvalue weighted by Gasteiger charge is -2.28. The molecule has 1 saturated heterocycles. The van der Waals surface area contributed by atoms with E-state index in [1.54, 1.807) is 23.1 Å². The number of nitrogens with one attached hydrogen (secondary N) is 1. The van der Waals surface area contributed by atoms with Gasteiger partial charge in [0.15, 0.2) is 0 Å². The number of amides is 1. The average molecular weight is 440 g/mol. The van der Waals surface area contributed by atoms with Gasteiger partial charge in [0.05, 0.1) is 25.1 Å². The highest BCUT2D eigenvalue weighted by Gasteiger charge is 2.13. The van der Waals surface area contributed by atoms with E-state index in [2.05, 4.69) is 15.3 Å². The van der Waals surface area contributed by atoms with Gasteiger partial charge >= 0.3 is 0 Å². The summed E-state index contributed by atoms with van der Waals surface area (Å²) in [4.78, 5) is 23.2. The molecule has 1 amide bonds. The number of carbonyl (C=O) groups is 2. The van der Waals surface area contributed by atoms with E-state index in [1.165, 1.54) is 12.1 Å². The monoisotopic (exact) mass is 440 g/mol. The predicted octanol–water partition coefficient (Wildman–Crippen LogP) is 3.50. The van der Waals surface area contributed by atoms with Crippen LogP contribution in [0.2, 0.25) is 0 Å². The highest BCUT2D eigenvalue weighted by Crippen LogP contribution is 2.26. The molecular weight excluding hydrogens is 415 g/mol. The quantitative estimate of drug-likeness (QED) is 0.590. The molecule has 0 bridgehead atoms. The number of carboxylic acid groups (broad SMARTS) is 1. The second-order valence-electron chi connectivity index (χ2n) is 7.02. The van der Waals surface area contributed by atoms with Crippen LogP contribution in [-0.4, -0.2) is 53.6 Å². The molecule has 32 heavy (non-hydrogen) atoms. The summed E-state index contributed by atoms with van der Waals surface area (Å²) in [5.74, 6) is -0.819. The first kappa shape index (κ1) is 23.0. The van der Waals surface area contributed by atoms with Crippen molar-refractivity contribution in [3.05, 3.63) is 66.2 Å². The van der Waals surface area contributed by atoms with Crippen molar-refractivity contribution in [3.63, 3.8) is 0 Å². The Kier molecular flexibility index (Phi) is 7.93. The van der Waals surface area contributed by atoms with E-state index >= 15 is 0 Å². The molecule has 1 aromatic heterocycles. The highest BCUT2D eigenvalue weighted by atomic mass is 19.1. The van der Waals surface area contributed by atoms with E-state index in [-0.39, 0.29) is 17.9 Å².